The normalized spacial score (nSPS) is 11.0. The van der Waals surface area contributed by atoms with Gasteiger partial charge >= 0.3 is 5.97 Å². The van der Waals surface area contributed by atoms with E-state index in [2.05, 4.69) is 17.0 Å². The molecule has 0 unspecified atom stereocenters. The number of carbonyl (C=O) groups excluding carboxylic acids is 1. The highest BCUT2D eigenvalue weighted by Crippen LogP contribution is 2.16. The summed E-state index contributed by atoms with van der Waals surface area (Å²) in [5.41, 5.74) is 0.726. The third-order valence-electron chi connectivity index (χ3n) is 4.29. The summed E-state index contributed by atoms with van der Waals surface area (Å²) in [6.45, 7) is 4.72. The van der Waals surface area contributed by atoms with Crippen LogP contribution in [-0.2, 0) is 24.3 Å². The highest BCUT2D eigenvalue weighted by Gasteiger charge is 2.18. The molecular weight excluding hydrogens is 362 g/mol. The largest absolute Gasteiger partial charge is 0.454 e. The van der Waals surface area contributed by atoms with Crippen LogP contribution >= 0.6 is 11.3 Å². The Morgan fingerprint density at radius 3 is 2.67 bits per heavy atom. The molecule has 0 fully saturated rings. The van der Waals surface area contributed by atoms with Crippen LogP contribution < -0.4 is 5.56 Å². The molecule has 142 valence electrons. The van der Waals surface area contributed by atoms with Gasteiger partial charge in [-0.25, -0.2) is 14.5 Å². The van der Waals surface area contributed by atoms with Gasteiger partial charge in [0, 0.05) is 17.3 Å². The number of hydrogen-bond acceptors (Lipinski definition) is 6. The number of hydrogen-bond donors (Lipinski definition) is 0. The molecule has 0 saturated carbocycles. The lowest BCUT2D eigenvalue weighted by Gasteiger charge is -2.10. The van der Waals surface area contributed by atoms with Crippen LogP contribution in [0.1, 0.15) is 54.3 Å². The van der Waals surface area contributed by atoms with Crippen molar-refractivity contribution in [3.05, 3.63) is 56.4 Å². The lowest BCUT2D eigenvalue weighted by Crippen LogP contribution is -2.26. The van der Waals surface area contributed by atoms with Crippen molar-refractivity contribution in [2.24, 2.45) is 0 Å². The van der Waals surface area contributed by atoms with Crippen molar-refractivity contribution in [1.29, 1.82) is 0 Å². The van der Waals surface area contributed by atoms with E-state index >= 15 is 0 Å². The van der Waals surface area contributed by atoms with Gasteiger partial charge in [0.15, 0.2) is 5.69 Å². The second-order valence-corrected chi connectivity index (χ2v) is 7.23. The molecule has 2 aromatic heterocycles. The zero-order valence-electron chi connectivity index (χ0n) is 15.6. The van der Waals surface area contributed by atoms with E-state index in [-0.39, 0.29) is 17.9 Å². The molecular formula is C20H23N3O3S. The summed E-state index contributed by atoms with van der Waals surface area (Å²) in [6, 6.07) is 7.03. The molecule has 0 saturated heterocycles. The second-order valence-electron chi connectivity index (χ2n) is 6.29. The van der Waals surface area contributed by atoms with Crippen LogP contribution in [-0.4, -0.2) is 20.7 Å². The zero-order chi connectivity index (χ0) is 19.2. The fourth-order valence-electron chi connectivity index (χ4n) is 2.83. The first-order valence-corrected chi connectivity index (χ1v) is 10.1. The molecule has 2 heterocycles. The Morgan fingerprint density at radius 2 is 1.96 bits per heavy atom. The number of benzene rings is 1. The standard InChI is InChI=1S/C20H23N3O3S/c1-3-5-8-11-23-19(24)16-10-7-6-9-15(16)18(22-23)20(25)26-12-14-13-27-17(4-2)21-14/h6-7,9-10,13H,3-5,8,11-12H2,1-2H3. The Labute approximate surface area is 161 Å². The van der Waals surface area contributed by atoms with Crippen LogP contribution in [0.5, 0.6) is 0 Å². The minimum atomic E-state index is -0.540. The van der Waals surface area contributed by atoms with E-state index in [1.165, 1.54) is 4.68 Å². The highest BCUT2D eigenvalue weighted by atomic mass is 32.1. The maximum atomic E-state index is 12.7. The number of aromatic nitrogens is 3. The number of thiazole rings is 1. The van der Waals surface area contributed by atoms with Crippen molar-refractivity contribution < 1.29 is 9.53 Å². The van der Waals surface area contributed by atoms with Crippen molar-refractivity contribution in [2.75, 3.05) is 0 Å². The smallest absolute Gasteiger partial charge is 0.359 e. The number of unbranched alkanes of at least 4 members (excludes halogenated alkanes) is 2. The van der Waals surface area contributed by atoms with E-state index in [4.69, 9.17) is 4.74 Å². The lowest BCUT2D eigenvalue weighted by molar-refractivity contribution is 0.0461. The summed E-state index contributed by atoms with van der Waals surface area (Å²) in [4.78, 5) is 29.7. The first-order valence-electron chi connectivity index (χ1n) is 9.24. The molecule has 0 aliphatic carbocycles. The van der Waals surface area contributed by atoms with Gasteiger partial charge in [-0.1, -0.05) is 44.9 Å². The third-order valence-corrected chi connectivity index (χ3v) is 5.33. The van der Waals surface area contributed by atoms with Crippen LogP contribution in [0.15, 0.2) is 34.4 Å². The molecule has 0 aliphatic rings. The van der Waals surface area contributed by atoms with Crippen LogP contribution in [0.4, 0.5) is 0 Å². The number of ether oxygens (including phenoxy) is 1. The van der Waals surface area contributed by atoms with Crippen molar-refractivity contribution in [3.8, 4) is 0 Å². The first kappa shape index (κ1) is 19.2. The monoisotopic (exact) mass is 385 g/mol. The molecule has 7 heteroatoms. The van der Waals surface area contributed by atoms with Gasteiger partial charge in [0.25, 0.3) is 5.56 Å². The van der Waals surface area contributed by atoms with E-state index in [1.54, 1.807) is 35.6 Å². The van der Waals surface area contributed by atoms with E-state index in [9.17, 15) is 9.59 Å². The summed E-state index contributed by atoms with van der Waals surface area (Å²) < 4.78 is 6.81. The average molecular weight is 385 g/mol. The Kier molecular flexibility index (Phi) is 6.34. The van der Waals surface area contributed by atoms with E-state index in [0.29, 0.717) is 17.3 Å². The molecule has 6 nitrogen and oxygen atoms in total. The maximum Gasteiger partial charge on any atom is 0.359 e. The summed E-state index contributed by atoms with van der Waals surface area (Å²) >= 11 is 1.55. The van der Waals surface area contributed by atoms with Crippen molar-refractivity contribution >= 4 is 28.1 Å². The van der Waals surface area contributed by atoms with E-state index in [1.807, 2.05) is 12.3 Å². The van der Waals surface area contributed by atoms with Crippen LogP contribution in [0, 0.1) is 0 Å². The lowest BCUT2D eigenvalue weighted by atomic mass is 10.1. The highest BCUT2D eigenvalue weighted by molar-refractivity contribution is 7.09. The fraction of sp³-hybridized carbons (Fsp3) is 0.400. The fourth-order valence-corrected chi connectivity index (χ4v) is 3.56. The summed E-state index contributed by atoms with van der Waals surface area (Å²) in [6.07, 6.45) is 3.75. The van der Waals surface area contributed by atoms with Gasteiger partial charge in [-0.3, -0.25) is 4.79 Å². The van der Waals surface area contributed by atoms with E-state index < -0.39 is 5.97 Å². The predicted octanol–water partition coefficient (Wildman–Crippen LogP) is 3.96. The van der Waals surface area contributed by atoms with E-state index in [0.717, 1.165) is 36.4 Å². The molecule has 3 rings (SSSR count). The van der Waals surface area contributed by atoms with Crippen molar-refractivity contribution in [1.82, 2.24) is 14.8 Å². The topological polar surface area (TPSA) is 74.1 Å². The summed E-state index contributed by atoms with van der Waals surface area (Å²) in [7, 11) is 0. The van der Waals surface area contributed by atoms with Gasteiger partial charge < -0.3 is 4.74 Å². The number of carbonyl (C=O) groups is 1. The first-order chi connectivity index (χ1) is 13.1. The zero-order valence-corrected chi connectivity index (χ0v) is 16.4. The summed E-state index contributed by atoms with van der Waals surface area (Å²) in [5.74, 6) is -0.540. The van der Waals surface area contributed by atoms with Gasteiger partial charge in [-0.05, 0) is 18.9 Å². The molecule has 0 amide bonds. The molecule has 3 aromatic rings. The quantitative estimate of drug-likeness (QED) is 0.433. The second kappa shape index (κ2) is 8.90. The number of fused-ring (bicyclic) bond motifs is 1. The maximum absolute atomic E-state index is 12.7. The van der Waals surface area contributed by atoms with Gasteiger partial charge in [0.2, 0.25) is 0 Å². The predicted molar refractivity (Wildman–Crippen MR) is 106 cm³/mol. The van der Waals surface area contributed by atoms with Crippen molar-refractivity contribution in [2.45, 2.75) is 52.7 Å². The van der Waals surface area contributed by atoms with Gasteiger partial charge in [0.1, 0.15) is 6.61 Å². The molecule has 0 atom stereocenters. The minimum absolute atomic E-state index is 0.0975. The molecule has 0 radical (unpaired) electrons. The van der Waals surface area contributed by atoms with Crippen LogP contribution in [0.2, 0.25) is 0 Å². The Morgan fingerprint density at radius 1 is 1.19 bits per heavy atom. The molecule has 27 heavy (non-hydrogen) atoms. The van der Waals surface area contributed by atoms with Gasteiger partial charge in [-0.15, -0.1) is 11.3 Å². The SMILES string of the molecule is CCCCCn1nc(C(=O)OCc2csc(CC)n2)c2ccccc2c1=O. The van der Waals surface area contributed by atoms with Gasteiger partial charge in [0.05, 0.1) is 16.1 Å². The number of aryl methyl sites for hydroxylation is 2. The molecule has 0 spiro atoms. The number of rotatable bonds is 8. The Bertz CT molecular complexity index is 994. The number of nitrogens with zero attached hydrogens (tertiary/aromatic N) is 3. The number of esters is 1. The molecule has 0 bridgehead atoms. The summed E-state index contributed by atoms with van der Waals surface area (Å²) in [5, 5.41) is 8.22. The van der Waals surface area contributed by atoms with Crippen molar-refractivity contribution in [3.63, 3.8) is 0 Å². The van der Waals surface area contributed by atoms with Crippen LogP contribution in [0.25, 0.3) is 10.8 Å². The van der Waals surface area contributed by atoms with Gasteiger partial charge in [-0.2, -0.15) is 5.10 Å². The minimum Gasteiger partial charge on any atom is -0.454 e. The third kappa shape index (κ3) is 4.42. The Balaban J connectivity index is 1.88. The molecule has 0 N–H and O–H groups in total. The molecule has 0 aliphatic heterocycles. The molecule has 1 aromatic carbocycles. The van der Waals surface area contributed by atoms with Crippen LogP contribution in [0.3, 0.4) is 0 Å². The average Bonchev–Trinajstić information content (AvgIpc) is 3.16. The Hall–Kier alpha value is -2.54.